The van der Waals surface area contributed by atoms with E-state index >= 15 is 4.39 Å². The molecule has 0 radical (unpaired) electrons. The largest absolute Gasteiger partial charge is 0.418 e. The Balaban J connectivity index is 2.06. The van der Waals surface area contributed by atoms with E-state index in [1.54, 1.807) is 0 Å². The molecule has 1 aromatic heterocycles. The minimum atomic E-state index is -1.72. The highest BCUT2D eigenvalue weighted by atomic mass is 35.5. The molecule has 1 N–H and O–H groups in total. The lowest BCUT2D eigenvalue weighted by Crippen LogP contribution is -2.46. The van der Waals surface area contributed by atoms with E-state index in [-0.39, 0.29) is 36.6 Å². The van der Waals surface area contributed by atoms with E-state index in [4.69, 9.17) is 27.9 Å². The number of piperidine rings is 1. The van der Waals surface area contributed by atoms with Crippen molar-refractivity contribution >= 4 is 29.3 Å². The lowest BCUT2D eigenvalue weighted by atomic mass is 9.89. The maximum Gasteiger partial charge on any atom is 0.412 e. The third-order valence-corrected chi connectivity index (χ3v) is 3.88. The molecule has 8 heteroatoms. The molecule has 1 aliphatic rings. The van der Waals surface area contributed by atoms with Crippen LogP contribution in [-0.2, 0) is 10.4 Å². The monoisotopic (exact) mass is 350 g/mol. The van der Waals surface area contributed by atoms with Crippen molar-refractivity contribution in [3.63, 3.8) is 0 Å². The first-order valence-electron chi connectivity index (χ1n) is 6.81. The van der Waals surface area contributed by atoms with E-state index in [1.807, 2.05) is 0 Å². The van der Waals surface area contributed by atoms with Gasteiger partial charge in [-0.15, -0.1) is 0 Å². The van der Waals surface area contributed by atoms with Crippen molar-refractivity contribution in [2.75, 3.05) is 13.1 Å². The molecule has 2 rings (SSSR count). The maximum atomic E-state index is 15.1. The van der Waals surface area contributed by atoms with Gasteiger partial charge < -0.3 is 14.7 Å². The summed E-state index contributed by atoms with van der Waals surface area (Å²) in [7, 11) is 0. The van der Waals surface area contributed by atoms with E-state index in [2.05, 4.69) is 4.98 Å². The summed E-state index contributed by atoms with van der Waals surface area (Å²) in [6.07, 6.45) is 0.758. The molecule has 1 saturated heterocycles. The fraction of sp³-hybridized carbons (Fsp3) is 0.571. The smallest absolute Gasteiger partial charge is 0.412 e. The first-order valence-corrected chi connectivity index (χ1v) is 7.57. The molecule has 1 fully saturated rings. The minimum Gasteiger partial charge on any atom is -0.418 e. The van der Waals surface area contributed by atoms with Gasteiger partial charge in [0.05, 0.1) is 15.7 Å². The second-order valence-electron chi connectivity index (χ2n) is 5.75. The number of alkyl halides is 1. The third-order valence-electron chi connectivity index (χ3n) is 3.38. The van der Waals surface area contributed by atoms with Crippen LogP contribution in [0.15, 0.2) is 12.3 Å². The van der Waals surface area contributed by atoms with E-state index in [0.29, 0.717) is 5.02 Å². The van der Waals surface area contributed by atoms with Gasteiger partial charge in [-0.2, -0.15) is 0 Å². The van der Waals surface area contributed by atoms with E-state index in [9.17, 15) is 9.90 Å². The molecule has 0 saturated carbocycles. The average Bonchev–Trinajstić information content (AvgIpc) is 2.36. The number of nitrogens with zero attached hydrogens (tertiary/aromatic N) is 2. The van der Waals surface area contributed by atoms with E-state index < -0.39 is 17.5 Å². The van der Waals surface area contributed by atoms with Crippen LogP contribution in [-0.4, -0.2) is 40.0 Å². The second-order valence-corrected chi connectivity index (χ2v) is 6.59. The van der Waals surface area contributed by atoms with E-state index in [0.717, 1.165) is 0 Å². The Labute approximate surface area is 138 Å². The zero-order valence-corrected chi connectivity index (χ0v) is 13.8. The van der Waals surface area contributed by atoms with Gasteiger partial charge in [-0.1, -0.05) is 23.2 Å². The summed E-state index contributed by atoms with van der Waals surface area (Å²) >= 11 is 11.8. The summed E-state index contributed by atoms with van der Waals surface area (Å²) in [5.74, 6) is -1.57. The van der Waals surface area contributed by atoms with Gasteiger partial charge in [-0.3, -0.25) is 4.98 Å². The predicted octanol–water partition coefficient (Wildman–Crippen LogP) is 3.51. The van der Waals surface area contributed by atoms with Crippen LogP contribution < -0.4 is 0 Å². The summed E-state index contributed by atoms with van der Waals surface area (Å²) < 4.78 is 19.9. The van der Waals surface area contributed by atoms with Crippen LogP contribution in [0.2, 0.25) is 10.0 Å². The summed E-state index contributed by atoms with van der Waals surface area (Å²) in [6, 6.07) is 1.45. The van der Waals surface area contributed by atoms with Crippen molar-refractivity contribution in [2.24, 2.45) is 0 Å². The lowest BCUT2D eigenvalue weighted by molar-refractivity contribution is -0.141. The number of carbonyl (C=O) groups excluding carboxylic acids is 1. The average molecular weight is 351 g/mol. The molecule has 0 unspecified atom stereocenters. The van der Waals surface area contributed by atoms with Crippen LogP contribution in [0.25, 0.3) is 0 Å². The number of hydrogen-bond acceptors (Lipinski definition) is 4. The Bertz CT molecular complexity index is 570. The Morgan fingerprint density at radius 3 is 2.55 bits per heavy atom. The van der Waals surface area contributed by atoms with Gasteiger partial charge in [0.25, 0.3) is 0 Å². The van der Waals surface area contributed by atoms with Gasteiger partial charge in [0.15, 0.2) is 5.67 Å². The molecule has 22 heavy (non-hydrogen) atoms. The number of carbonyl (C=O) groups is 1. The third kappa shape index (κ3) is 4.00. The van der Waals surface area contributed by atoms with Crippen molar-refractivity contribution in [2.45, 2.75) is 38.1 Å². The van der Waals surface area contributed by atoms with Crippen molar-refractivity contribution in [3.05, 3.63) is 28.0 Å². The summed E-state index contributed by atoms with van der Waals surface area (Å²) in [5, 5.41) is 9.98. The molecule has 0 spiro atoms. The van der Waals surface area contributed by atoms with Crippen molar-refractivity contribution in [3.8, 4) is 0 Å². The van der Waals surface area contributed by atoms with Crippen molar-refractivity contribution < 1.29 is 19.0 Å². The van der Waals surface area contributed by atoms with Crippen LogP contribution in [0.4, 0.5) is 9.18 Å². The van der Waals surface area contributed by atoms with Gasteiger partial charge in [-0.25, -0.2) is 9.18 Å². The standard InChI is InChI=1S/C14H17Cl2FN2O3/c1-13(2,21)22-12(20)19-5-3-14(17,4-6-19)11-10(16)7-9(15)8-18-11/h7-8,21H,3-6H2,1-2H3. The number of amides is 1. The highest BCUT2D eigenvalue weighted by molar-refractivity contribution is 6.34. The van der Waals surface area contributed by atoms with Crippen LogP contribution in [0, 0.1) is 0 Å². The minimum absolute atomic E-state index is 0.0440. The number of pyridine rings is 1. The molecular formula is C14H17Cl2FN2O3. The van der Waals surface area contributed by atoms with Gasteiger partial charge in [0.2, 0.25) is 5.79 Å². The molecule has 1 aromatic rings. The Morgan fingerprint density at radius 1 is 1.45 bits per heavy atom. The maximum absolute atomic E-state index is 15.1. The normalized spacial score (nSPS) is 18.2. The number of aromatic nitrogens is 1. The van der Waals surface area contributed by atoms with Crippen LogP contribution in [0.3, 0.4) is 0 Å². The Kier molecular flexibility index (Phi) is 4.84. The topological polar surface area (TPSA) is 62.7 Å². The second kappa shape index (κ2) is 6.18. The van der Waals surface area contributed by atoms with E-state index in [1.165, 1.54) is 31.0 Å². The van der Waals surface area contributed by atoms with Crippen molar-refractivity contribution in [1.29, 1.82) is 0 Å². The number of aliphatic hydroxyl groups is 1. The molecule has 1 amide bonds. The fourth-order valence-corrected chi connectivity index (χ4v) is 2.85. The molecular weight excluding hydrogens is 334 g/mol. The molecule has 122 valence electrons. The highest BCUT2D eigenvalue weighted by Crippen LogP contribution is 2.40. The Hall–Kier alpha value is -1.11. The molecule has 0 bridgehead atoms. The summed E-state index contributed by atoms with van der Waals surface area (Å²) in [5.41, 5.74) is -1.58. The number of ether oxygens (including phenoxy) is 1. The van der Waals surface area contributed by atoms with Gasteiger partial charge in [-0.05, 0) is 6.07 Å². The molecule has 0 aromatic carbocycles. The first-order chi connectivity index (χ1) is 10.1. The van der Waals surface area contributed by atoms with Crippen LogP contribution >= 0.6 is 23.2 Å². The predicted molar refractivity (Wildman–Crippen MR) is 80.6 cm³/mol. The lowest BCUT2D eigenvalue weighted by Gasteiger charge is -2.36. The van der Waals surface area contributed by atoms with Crippen LogP contribution in [0.1, 0.15) is 32.4 Å². The molecule has 5 nitrogen and oxygen atoms in total. The number of halogens is 3. The van der Waals surface area contributed by atoms with Crippen LogP contribution in [0.5, 0.6) is 0 Å². The number of likely N-dealkylation sites (tertiary alicyclic amines) is 1. The van der Waals surface area contributed by atoms with Gasteiger partial charge in [0, 0.05) is 46.0 Å². The zero-order valence-electron chi connectivity index (χ0n) is 12.3. The van der Waals surface area contributed by atoms with Gasteiger partial charge >= 0.3 is 6.09 Å². The summed E-state index contributed by atoms with van der Waals surface area (Å²) in [6.45, 7) is 3.00. The number of hydrogen-bond donors (Lipinski definition) is 1. The molecule has 0 aliphatic carbocycles. The molecule has 0 atom stereocenters. The highest BCUT2D eigenvalue weighted by Gasteiger charge is 2.41. The zero-order chi connectivity index (χ0) is 16.5. The van der Waals surface area contributed by atoms with Gasteiger partial charge in [0.1, 0.15) is 0 Å². The molecule has 2 heterocycles. The first kappa shape index (κ1) is 17.2. The Morgan fingerprint density at radius 2 is 2.05 bits per heavy atom. The summed E-state index contributed by atoms with van der Waals surface area (Å²) in [4.78, 5) is 17.2. The van der Waals surface area contributed by atoms with Crippen molar-refractivity contribution in [1.82, 2.24) is 9.88 Å². The quantitative estimate of drug-likeness (QED) is 0.829. The molecule has 1 aliphatic heterocycles. The fourth-order valence-electron chi connectivity index (χ4n) is 2.30. The number of rotatable bonds is 2. The SMILES string of the molecule is CC(C)(O)OC(=O)N1CCC(F)(c2ncc(Cl)cc2Cl)CC1.